The smallest absolute Gasteiger partial charge is 0.243 e. The number of nitrogens with zero attached hydrogens (tertiary/aromatic N) is 2. The van der Waals surface area contributed by atoms with Gasteiger partial charge in [-0.15, -0.1) is 0 Å². The lowest BCUT2D eigenvalue weighted by Crippen LogP contribution is -2.45. The Bertz CT molecular complexity index is 999. The van der Waals surface area contributed by atoms with Gasteiger partial charge in [0.25, 0.3) is 0 Å². The Morgan fingerprint density at radius 2 is 2.03 bits per heavy atom. The largest absolute Gasteiger partial charge is 0.497 e. The second-order valence-electron chi connectivity index (χ2n) is 7.53. The molecule has 2 aliphatic rings. The van der Waals surface area contributed by atoms with Crippen molar-refractivity contribution in [1.82, 2.24) is 20.1 Å². The van der Waals surface area contributed by atoms with Gasteiger partial charge in [0.1, 0.15) is 17.7 Å². The van der Waals surface area contributed by atoms with Crippen molar-refractivity contribution in [2.45, 2.75) is 18.6 Å². The summed E-state index contributed by atoms with van der Waals surface area (Å²) < 4.78 is 10.7. The number of H-pyrrole nitrogens is 1. The average Bonchev–Trinajstić information content (AvgIpc) is 3.46. The van der Waals surface area contributed by atoms with Gasteiger partial charge >= 0.3 is 0 Å². The first kappa shape index (κ1) is 20.7. The minimum absolute atomic E-state index is 0.0202. The highest BCUT2D eigenvalue weighted by atomic mass is 16.5. The van der Waals surface area contributed by atoms with E-state index in [1.54, 1.807) is 14.2 Å². The van der Waals surface area contributed by atoms with E-state index in [1.807, 2.05) is 30.6 Å². The molecule has 2 aromatic rings. The van der Waals surface area contributed by atoms with Crippen LogP contribution in [0.2, 0.25) is 0 Å². The molecule has 1 unspecified atom stereocenters. The van der Waals surface area contributed by atoms with Crippen molar-refractivity contribution in [2.75, 3.05) is 39.3 Å². The summed E-state index contributed by atoms with van der Waals surface area (Å²) in [6.45, 7) is 5.74. The summed E-state index contributed by atoms with van der Waals surface area (Å²) in [5, 5.41) is 6.42. The van der Waals surface area contributed by atoms with Crippen LogP contribution >= 0.6 is 0 Å². The molecule has 0 radical (unpaired) electrons. The molecule has 1 aromatic heterocycles. The zero-order chi connectivity index (χ0) is 21.8. The Balaban J connectivity index is 1.59. The molecule has 4 rings (SSSR count). The van der Waals surface area contributed by atoms with Crippen LogP contribution in [0.4, 0.5) is 5.69 Å². The molecule has 8 nitrogen and oxygen atoms in total. The summed E-state index contributed by atoms with van der Waals surface area (Å²) in [7, 11) is 3.25. The van der Waals surface area contributed by atoms with E-state index in [-0.39, 0.29) is 18.1 Å². The number of aromatic amines is 1. The fraction of sp³-hybridized carbons (Fsp3) is 0.348. The van der Waals surface area contributed by atoms with E-state index in [4.69, 9.17) is 9.47 Å². The average molecular weight is 422 g/mol. The second-order valence-corrected chi connectivity index (χ2v) is 7.53. The number of benzene rings is 1. The highest BCUT2D eigenvalue weighted by Crippen LogP contribution is 2.36. The number of aromatic nitrogens is 1. The van der Waals surface area contributed by atoms with Crippen LogP contribution in [-0.4, -0.2) is 60.7 Å². The SMILES string of the molecule is C=CC(=O)NC1CCN([C@H]2c3c[nH]cc3NCN2C#Cc2cc(OC)cc(OC)c2)C1. The van der Waals surface area contributed by atoms with Crippen LogP contribution in [0.3, 0.4) is 0 Å². The normalized spacial score (nSPS) is 20.1. The van der Waals surface area contributed by atoms with Crippen molar-refractivity contribution < 1.29 is 14.3 Å². The first-order valence-electron chi connectivity index (χ1n) is 10.2. The van der Waals surface area contributed by atoms with Crippen LogP contribution in [0.15, 0.2) is 43.2 Å². The minimum Gasteiger partial charge on any atom is -0.497 e. The third-order valence-electron chi connectivity index (χ3n) is 5.58. The summed E-state index contributed by atoms with van der Waals surface area (Å²) in [5.74, 6) is 4.51. The number of methoxy groups -OCH3 is 2. The van der Waals surface area contributed by atoms with E-state index >= 15 is 0 Å². The molecule has 3 N–H and O–H groups in total. The molecule has 1 amide bonds. The number of ether oxygens (including phenoxy) is 2. The van der Waals surface area contributed by atoms with Gasteiger partial charge in [-0.2, -0.15) is 0 Å². The highest BCUT2D eigenvalue weighted by molar-refractivity contribution is 5.87. The molecule has 2 aliphatic heterocycles. The number of hydrogen-bond donors (Lipinski definition) is 3. The Morgan fingerprint density at radius 3 is 2.74 bits per heavy atom. The molecule has 0 aliphatic carbocycles. The van der Waals surface area contributed by atoms with Crippen LogP contribution in [0.25, 0.3) is 0 Å². The number of amides is 1. The van der Waals surface area contributed by atoms with E-state index in [0.717, 1.165) is 36.3 Å². The van der Waals surface area contributed by atoms with Gasteiger partial charge in [-0.05, 0) is 30.6 Å². The van der Waals surface area contributed by atoms with Gasteiger partial charge in [0.05, 0.1) is 26.6 Å². The number of rotatable bonds is 5. The summed E-state index contributed by atoms with van der Waals surface area (Å²) in [6, 6.07) is 9.02. The monoisotopic (exact) mass is 421 g/mol. The Labute approximate surface area is 182 Å². The lowest BCUT2D eigenvalue weighted by Gasteiger charge is -2.39. The van der Waals surface area contributed by atoms with E-state index in [9.17, 15) is 4.79 Å². The molecule has 1 aromatic carbocycles. The number of carbonyl (C=O) groups is 1. The van der Waals surface area contributed by atoms with E-state index in [2.05, 4.69) is 44.0 Å². The molecule has 2 atom stereocenters. The number of nitrogens with one attached hydrogen (secondary N) is 3. The van der Waals surface area contributed by atoms with Crippen LogP contribution < -0.4 is 20.1 Å². The van der Waals surface area contributed by atoms with Gasteiger partial charge in [-0.1, -0.05) is 6.58 Å². The fourth-order valence-corrected chi connectivity index (χ4v) is 4.07. The zero-order valence-corrected chi connectivity index (χ0v) is 17.8. The summed E-state index contributed by atoms with van der Waals surface area (Å²) in [4.78, 5) is 19.3. The van der Waals surface area contributed by atoms with Crippen LogP contribution in [-0.2, 0) is 4.79 Å². The third-order valence-corrected chi connectivity index (χ3v) is 5.58. The van der Waals surface area contributed by atoms with Crippen LogP contribution in [0.5, 0.6) is 11.5 Å². The van der Waals surface area contributed by atoms with E-state index in [1.165, 1.54) is 6.08 Å². The number of likely N-dealkylation sites (tertiary alicyclic amines) is 1. The molecule has 8 heteroatoms. The van der Waals surface area contributed by atoms with Crippen LogP contribution in [0.1, 0.15) is 23.7 Å². The molecule has 162 valence electrons. The number of fused-ring (bicyclic) bond motifs is 1. The molecule has 0 spiro atoms. The van der Waals surface area contributed by atoms with Gasteiger partial charge in [-0.25, -0.2) is 0 Å². The summed E-state index contributed by atoms with van der Waals surface area (Å²) in [5.41, 5.74) is 3.02. The van der Waals surface area contributed by atoms with Crippen molar-refractivity contribution in [2.24, 2.45) is 0 Å². The molecule has 1 fully saturated rings. The Hall–Kier alpha value is -3.57. The van der Waals surface area contributed by atoms with Gasteiger partial charge in [-0.3, -0.25) is 14.6 Å². The zero-order valence-electron chi connectivity index (χ0n) is 17.8. The predicted octanol–water partition coefficient (Wildman–Crippen LogP) is 2.10. The molecular formula is C23H27N5O3. The predicted molar refractivity (Wildman–Crippen MR) is 119 cm³/mol. The van der Waals surface area contributed by atoms with Gasteiger partial charge in [0.15, 0.2) is 0 Å². The lowest BCUT2D eigenvalue weighted by molar-refractivity contribution is -0.117. The summed E-state index contributed by atoms with van der Waals surface area (Å²) >= 11 is 0. The molecule has 1 saturated heterocycles. The van der Waals surface area contributed by atoms with Crippen molar-refractivity contribution in [3.8, 4) is 23.5 Å². The quantitative estimate of drug-likeness (QED) is 0.507. The van der Waals surface area contributed by atoms with Crippen LogP contribution in [0, 0.1) is 12.0 Å². The lowest BCUT2D eigenvalue weighted by atomic mass is 10.1. The van der Waals surface area contributed by atoms with Crippen molar-refractivity contribution in [1.29, 1.82) is 0 Å². The Morgan fingerprint density at radius 1 is 1.26 bits per heavy atom. The maximum atomic E-state index is 11.7. The van der Waals surface area contributed by atoms with E-state index in [0.29, 0.717) is 18.2 Å². The maximum Gasteiger partial charge on any atom is 0.243 e. The highest BCUT2D eigenvalue weighted by Gasteiger charge is 2.36. The van der Waals surface area contributed by atoms with Crippen molar-refractivity contribution in [3.05, 3.63) is 54.4 Å². The van der Waals surface area contributed by atoms with Gasteiger partial charge < -0.3 is 25.1 Å². The fourth-order valence-electron chi connectivity index (χ4n) is 4.07. The molecule has 0 bridgehead atoms. The standard InChI is InChI=1S/C23H27N5O3/c1-4-22(29)26-17-6-8-27(14-17)23-20-12-24-13-21(20)25-15-28(23)7-5-16-9-18(30-2)11-19(10-16)31-3/h4,9-13,17,23-25H,1,6,8,14-15H2,2-3H3,(H,26,29)/t17?,23-/m1/s1. The van der Waals surface area contributed by atoms with E-state index < -0.39 is 0 Å². The third kappa shape index (κ3) is 4.47. The molecular weight excluding hydrogens is 394 g/mol. The molecule has 0 saturated carbocycles. The minimum atomic E-state index is -0.136. The second kappa shape index (κ2) is 9.06. The number of carbonyl (C=O) groups excluding carboxylic acids is 1. The molecule has 31 heavy (non-hydrogen) atoms. The first-order chi connectivity index (χ1) is 15.1. The molecule has 3 heterocycles. The Kier molecular flexibility index (Phi) is 6.05. The number of hydrogen-bond acceptors (Lipinski definition) is 6. The maximum absolute atomic E-state index is 11.7. The van der Waals surface area contributed by atoms with Gasteiger partial charge in [0.2, 0.25) is 5.91 Å². The number of anilines is 1. The topological polar surface area (TPSA) is 81.9 Å². The van der Waals surface area contributed by atoms with Crippen molar-refractivity contribution in [3.63, 3.8) is 0 Å². The van der Waals surface area contributed by atoms with Crippen molar-refractivity contribution >= 4 is 11.6 Å². The first-order valence-corrected chi connectivity index (χ1v) is 10.2. The summed E-state index contributed by atoms with van der Waals surface area (Å²) in [6.07, 6.45) is 6.15. The van der Waals surface area contributed by atoms with Gasteiger partial charge in [0, 0.05) is 54.8 Å².